The number of anilines is 3. The number of carbonyl (C=O) groups excluding carboxylic acids is 4. The maximum atomic E-state index is 13.7. The van der Waals surface area contributed by atoms with Crippen molar-refractivity contribution in [2.24, 2.45) is 5.92 Å². The van der Waals surface area contributed by atoms with Gasteiger partial charge in [-0.25, -0.2) is 8.78 Å². The molecule has 13 nitrogen and oxygen atoms in total. The van der Waals surface area contributed by atoms with Crippen LogP contribution < -0.4 is 20.4 Å². The lowest BCUT2D eigenvalue weighted by Crippen LogP contribution is -2.57. The number of piperidine rings is 1. The monoisotopic (exact) mass is 774 g/mol. The highest BCUT2D eigenvalue weighted by Gasteiger charge is 2.45. The van der Waals surface area contributed by atoms with Gasteiger partial charge in [0.2, 0.25) is 5.91 Å². The summed E-state index contributed by atoms with van der Waals surface area (Å²) in [6.07, 6.45) is -0.597. The average Bonchev–Trinajstić information content (AvgIpc) is 3.68. The largest absolute Gasteiger partial charge is 0.372 e. The maximum Gasteiger partial charge on any atom is 0.262 e. The first-order chi connectivity index (χ1) is 27.6. The Bertz CT molecular complexity index is 2390. The molecule has 0 radical (unpaired) electrons. The number of amides is 4. The van der Waals surface area contributed by atoms with Crippen molar-refractivity contribution in [3.63, 3.8) is 0 Å². The zero-order chi connectivity index (χ0) is 39.4. The van der Waals surface area contributed by atoms with Crippen LogP contribution in [0.25, 0.3) is 10.9 Å². The fourth-order valence-corrected chi connectivity index (χ4v) is 8.45. The van der Waals surface area contributed by atoms with E-state index in [1.807, 2.05) is 36.4 Å². The summed E-state index contributed by atoms with van der Waals surface area (Å²) in [5.74, 6) is -1.91. The van der Waals surface area contributed by atoms with Crippen LogP contribution in [-0.4, -0.2) is 107 Å². The van der Waals surface area contributed by atoms with E-state index in [-0.39, 0.29) is 24.7 Å². The van der Waals surface area contributed by atoms with Crippen molar-refractivity contribution in [1.29, 1.82) is 0 Å². The van der Waals surface area contributed by atoms with Gasteiger partial charge in [-0.3, -0.25) is 34.1 Å². The normalized spacial score (nSPS) is 20.2. The number of aromatic amines is 1. The summed E-state index contributed by atoms with van der Waals surface area (Å²) < 4.78 is 27.4. The number of hydrogen-bond acceptors (Lipinski definition) is 9. The minimum absolute atomic E-state index is 0.141. The standard InChI is InChI=1S/C42H40F2N8O5/c43-28-16-25(17-29(44)19-28)15-24-1-8-35-34(18-24)38(48-47-35)46-39(54)27-2-4-30(5-3-27)50-13-11-49(12-14-50)21-26-22-51(23-26)31-6-7-32-33(20-31)42(57)52(41(32)56)36-9-10-37(53)45-40(36)55/h1-8,16-20,26,36,40,55H,9-15,21-23H2,(H,45,53)(H2,46,47,48,54). The number of halogens is 2. The lowest BCUT2D eigenvalue weighted by molar-refractivity contribution is -0.129. The van der Waals surface area contributed by atoms with Crippen molar-refractivity contribution < 1.29 is 33.1 Å². The topological polar surface area (TPSA) is 154 Å². The van der Waals surface area contributed by atoms with Crippen molar-refractivity contribution in [1.82, 2.24) is 25.3 Å². The third-order valence-corrected chi connectivity index (χ3v) is 11.5. The second-order valence-corrected chi connectivity index (χ2v) is 15.3. The van der Waals surface area contributed by atoms with Gasteiger partial charge in [0.1, 0.15) is 17.9 Å². The molecule has 0 aliphatic carbocycles. The molecule has 5 heterocycles. The Morgan fingerprint density at radius 2 is 1.53 bits per heavy atom. The van der Waals surface area contributed by atoms with Crippen molar-refractivity contribution in [2.45, 2.75) is 31.5 Å². The molecule has 4 aliphatic rings. The maximum absolute atomic E-state index is 13.7. The molecule has 4 aromatic carbocycles. The van der Waals surface area contributed by atoms with E-state index >= 15 is 0 Å². The van der Waals surface area contributed by atoms with Crippen molar-refractivity contribution in [3.8, 4) is 0 Å². The predicted molar refractivity (Wildman–Crippen MR) is 208 cm³/mol. The molecule has 4 aliphatic heterocycles. The number of piperazine rings is 1. The molecule has 5 aromatic rings. The molecule has 57 heavy (non-hydrogen) atoms. The molecule has 1 aromatic heterocycles. The molecule has 0 bridgehead atoms. The molecule has 9 rings (SSSR count). The molecule has 0 spiro atoms. The molecule has 2 atom stereocenters. The third-order valence-electron chi connectivity index (χ3n) is 11.5. The quantitative estimate of drug-likeness (QED) is 0.162. The Morgan fingerprint density at radius 1 is 0.807 bits per heavy atom. The summed E-state index contributed by atoms with van der Waals surface area (Å²) in [6, 6.07) is 21.0. The lowest BCUT2D eigenvalue weighted by Gasteiger charge is -2.45. The average molecular weight is 775 g/mol. The zero-order valence-electron chi connectivity index (χ0n) is 30.9. The number of fused-ring (bicyclic) bond motifs is 2. The van der Waals surface area contributed by atoms with E-state index in [1.165, 1.54) is 12.1 Å². The Morgan fingerprint density at radius 3 is 2.26 bits per heavy atom. The number of H-pyrrole nitrogens is 1. The first-order valence-corrected chi connectivity index (χ1v) is 19.1. The number of aromatic nitrogens is 2. The van der Waals surface area contributed by atoms with Gasteiger partial charge in [-0.1, -0.05) is 6.07 Å². The highest BCUT2D eigenvalue weighted by molar-refractivity contribution is 6.22. The molecule has 3 fully saturated rings. The second-order valence-electron chi connectivity index (χ2n) is 15.3. The molecule has 3 saturated heterocycles. The van der Waals surface area contributed by atoms with Crippen LogP contribution >= 0.6 is 0 Å². The van der Waals surface area contributed by atoms with Crippen LogP contribution in [-0.2, 0) is 11.2 Å². The van der Waals surface area contributed by atoms with E-state index in [0.29, 0.717) is 45.8 Å². The Hall–Kier alpha value is -6.19. The van der Waals surface area contributed by atoms with Crippen LogP contribution in [0, 0.1) is 17.6 Å². The molecule has 4 N–H and O–H groups in total. The number of nitrogens with one attached hydrogen (secondary N) is 3. The van der Waals surface area contributed by atoms with Gasteiger partial charge < -0.3 is 25.5 Å². The van der Waals surface area contributed by atoms with E-state index in [2.05, 4.69) is 35.5 Å². The number of benzene rings is 4. The Kier molecular flexibility index (Phi) is 9.41. The number of aliphatic hydroxyl groups is 1. The molecular weight excluding hydrogens is 735 g/mol. The number of carbonyl (C=O) groups is 4. The summed E-state index contributed by atoms with van der Waals surface area (Å²) in [7, 11) is 0. The minimum atomic E-state index is -1.28. The molecule has 4 amide bonds. The first-order valence-electron chi connectivity index (χ1n) is 19.1. The van der Waals surface area contributed by atoms with Gasteiger partial charge in [0, 0.05) is 86.5 Å². The first kappa shape index (κ1) is 36.4. The lowest BCUT2D eigenvalue weighted by atomic mass is 9.97. The van der Waals surface area contributed by atoms with E-state index in [9.17, 15) is 33.1 Å². The van der Waals surface area contributed by atoms with Crippen LogP contribution in [0.1, 0.15) is 55.0 Å². The summed E-state index contributed by atoms with van der Waals surface area (Å²) in [4.78, 5) is 59.4. The molecular formula is C42H40F2N8O5. The van der Waals surface area contributed by atoms with Crippen LogP contribution in [0.4, 0.5) is 26.0 Å². The summed E-state index contributed by atoms with van der Waals surface area (Å²) in [5.41, 5.74) is 5.11. The van der Waals surface area contributed by atoms with Crippen LogP contribution in [0.3, 0.4) is 0 Å². The fraction of sp³-hybridized carbons (Fsp3) is 0.310. The molecule has 292 valence electrons. The van der Waals surface area contributed by atoms with Crippen LogP contribution in [0.15, 0.2) is 78.9 Å². The van der Waals surface area contributed by atoms with E-state index in [4.69, 9.17) is 0 Å². The predicted octanol–water partition coefficient (Wildman–Crippen LogP) is 4.14. The number of aliphatic hydroxyl groups excluding tert-OH is 1. The zero-order valence-corrected chi connectivity index (χ0v) is 30.9. The van der Waals surface area contributed by atoms with Gasteiger partial charge in [-0.15, -0.1) is 0 Å². The third kappa shape index (κ3) is 7.19. The van der Waals surface area contributed by atoms with Gasteiger partial charge in [0.15, 0.2) is 5.82 Å². The number of hydrogen-bond donors (Lipinski definition) is 4. The van der Waals surface area contributed by atoms with E-state index < -0.39 is 35.7 Å². The number of rotatable bonds is 9. The molecule has 15 heteroatoms. The highest BCUT2D eigenvalue weighted by Crippen LogP contribution is 2.34. The van der Waals surface area contributed by atoms with E-state index in [1.54, 1.807) is 24.3 Å². The van der Waals surface area contributed by atoms with Gasteiger partial charge in [-0.2, -0.15) is 5.10 Å². The second kappa shape index (κ2) is 14.7. The van der Waals surface area contributed by atoms with Gasteiger partial charge in [0.25, 0.3) is 17.7 Å². The summed E-state index contributed by atoms with van der Waals surface area (Å²) in [6.45, 7) is 6.14. The molecule has 0 saturated carbocycles. The van der Waals surface area contributed by atoms with Crippen molar-refractivity contribution >= 4 is 51.7 Å². The van der Waals surface area contributed by atoms with Gasteiger partial charge in [0.05, 0.1) is 22.7 Å². The van der Waals surface area contributed by atoms with E-state index in [0.717, 1.165) is 79.2 Å². The van der Waals surface area contributed by atoms with Gasteiger partial charge >= 0.3 is 0 Å². The number of nitrogens with zero attached hydrogens (tertiary/aromatic N) is 5. The fourth-order valence-electron chi connectivity index (χ4n) is 8.45. The Balaban J connectivity index is 0.749. The highest BCUT2D eigenvalue weighted by atomic mass is 19.1. The Labute approximate surface area is 326 Å². The van der Waals surface area contributed by atoms with Crippen molar-refractivity contribution in [3.05, 3.63) is 118 Å². The van der Waals surface area contributed by atoms with Crippen molar-refractivity contribution in [2.75, 3.05) is 60.9 Å². The van der Waals surface area contributed by atoms with Crippen LogP contribution in [0.2, 0.25) is 0 Å². The minimum Gasteiger partial charge on any atom is -0.372 e. The summed E-state index contributed by atoms with van der Waals surface area (Å²) in [5, 5.41) is 23.6. The van der Waals surface area contributed by atoms with Gasteiger partial charge in [-0.05, 0) is 90.7 Å². The molecule has 2 unspecified atom stereocenters. The smallest absolute Gasteiger partial charge is 0.262 e. The number of imide groups is 1. The summed E-state index contributed by atoms with van der Waals surface area (Å²) >= 11 is 0. The SMILES string of the molecule is O=C1CCC(N2C(=O)c3ccc(N4CC(CN5CCN(c6ccc(C(=O)Nc7n[nH]c8ccc(Cc9cc(F)cc(F)c9)cc78)cc6)CC5)C4)cc3C2=O)C(O)N1. The van der Waals surface area contributed by atoms with Crippen LogP contribution in [0.5, 0.6) is 0 Å².